The summed E-state index contributed by atoms with van der Waals surface area (Å²) < 4.78 is 0. The quantitative estimate of drug-likeness (QED) is 0.842. The highest BCUT2D eigenvalue weighted by atomic mass is 35.5. The second kappa shape index (κ2) is 6.22. The molecular formula is C13H16ClNOS2. The van der Waals surface area contributed by atoms with Crippen molar-refractivity contribution in [2.75, 3.05) is 18.8 Å². The molecule has 0 bridgehead atoms. The van der Waals surface area contributed by atoms with Gasteiger partial charge in [-0.2, -0.15) is 11.8 Å². The van der Waals surface area contributed by atoms with Crippen molar-refractivity contribution in [2.24, 2.45) is 0 Å². The van der Waals surface area contributed by atoms with Crippen LogP contribution in [0, 0.1) is 0 Å². The van der Waals surface area contributed by atoms with E-state index in [0.29, 0.717) is 15.8 Å². The Morgan fingerprint density at radius 2 is 2.39 bits per heavy atom. The van der Waals surface area contributed by atoms with Crippen LogP contribution in [-0.4, -0.2) is 34.9 Å². The number of amides is 1. The first-order chi connectivity index (χ1) is 8.61. The second-order valence-corrected chi connectivity index (χ2v) is 6.65. The van der Waals surface area contributed by atoms with Crippen LogP contribution in [0.25, 0.3) is 0 Å². The first-order valence-corrected chi connectivity index (χ1v) is 7.88. The molecule has 1 unspecified atom stereocenters. The third kappa shape index (κ3) is 3.16. The van der Waals surface area contributed by atoms with E-state index in [-0.39, 0.29) is 5.91 Å². The summed E-state index contributed by atoms with van der Waals surface area (Å²) in [6.45, 7) is 3.77. The van der Waals surface area contributed by atoms with Crippen LogP contribution in [0.5, 0.6) is 0 Å². The molecule has 1 heterocycles. The summed E-state index contributed by atoms with van der Waals surface area (Å²) in [6, 6.07) is 5.27. The van der Waals surface area contributed by atoms with Crippen LogP contribution in [0.1, 0.15) is 23.7 Å². The summed E-state index contributed by atoms with van der Waals surface area (Å²) in [7, 11) is 0. The molecule has 1 aliphatic heterocycles. The van der Waals surface area contributed by atoms with Gasteiger partial charge in [-0.3, -0.25) is 4.79 Å². The van der Waals surface area contributed by atoms with Crippen molar-refractivity contribution in [3.05, 3.63) is 28.8 Å². The monoisotopic (exact) mass is 301 g/mol. The van der Waals surface area contributed by atoms with E-state index in [9.17, 15) is 4.79 Å². The van der Waals surface area contributed by atoms with Crippen LogP contribution >= 0.6 is 36.0 Å². The maximum atomic E-state index is 12.4. The lowest BCUT2D eigenvalue weighted by atomic mass is 10.2. The normalized spacial score (nSPS) is 19.9. The summed E-state index contributed by atoms with van der Waals surface area (Å²) in [5.74, 6) is 1.03. The Kier molecular flexibility index (Phi) is 4.87. The Labute approximate surface area is 122 Å². The Bertz CT molecular complexity index is 453. The maximum absolute atomic E-state index is 12.4. The highest BCUT2D eigenvalue weighted by Gasteiger charge is 2.25. The summed E-state index contributed by atoms with van der Waals surface area (Å²) in [6.07, 6.45) is 1.09. The fraction of sp³-hybridized carbons (Fsp3) is 0.462. The van der Waals surface area contributed by atoms with Gasteiger partial charge in [-0.1, -0.05) is 18.5 Å². The highest BCUT2D eigenvalue weighted by molar-refractivity contribution is 8.00. The summed E-state index contributed by atoms with van der Waals surface area (Å²) in [4.78, 5) is 15.1. The number of carbonyl (C=O) groups is 1. The van der Waals surface area contributed by atoms with Crippen molar-refractivity contribution >= 4 is 41.9 Å². The number of thioether (sulfide) groups is 1. The minimum Gasteiger partial charge on any atom is -0.337 e. The number of halogens is 1. The molecular weight excluding hydrogens is 286 g/mol. The van der Waals surface area contributed by atoms with Gasteiger partial charge in [0.1, 0.15) is 0 Å². The van der Waals surface area contributed by atoms with Gasteiger partial charge in [0.15, 0.2) is 0 Å². The van der Waals surface area contributed by atoms with E-state index in [0.717, 1.165) is 30.2 Å². The van der Waals surface area contributed by atoms with E-state index in [1.807, 2.05) is 16.7 Å². The number of benzene rings is 1. The third-order valence-corrected chi connectivity index (χ3v) is 5.04. The molecule has 0 N–H and O–H groups in total. The number of carbonyl (C=O) groups excluding carboxylic acids is 1. The van der Waals surface area contributed by atoms with E-state index < -0.39 is 0 Å². The summed E-state index contributed by atoms with van der Waals surface area (Å²) in [5.41, 5.74) is 0.561. The Hall–Kier alpha value is -0.320. The van der Waals surface area contributed by atoms with Gasteiger partial charge in [-0.25, -0.2) is 0 Å². The summed E-state index contributed by atoms with van der Waals surface area (Å²) in [5, 5.41) is 1.05. The molecule has 1 aromatic carbocycles. The molecule has 1 amide bonds. The van der Waals surface area contributed by atoms with Gasteiger partial charge < -0.3 is 4.90 Å². The zero-order valence-corrected chi connectivity index (χ0v) is 12.7. The van der Waals surface area contributed by atoms with Gasteiger partial charge >= 0.3 is 0 Å². The molecule has 0 saturated carbocycles. The lowest BCUT2D eigenvalue weighted by Crippen LogP contribution is -2.41. The molecule has 0 aliphatic carbocycles. The molecule has 2 nitrogen and oxygen atoms in total. The van der Waals surface area contributed by atoms with Gasteiger partial charge in [0.2, 0.25) is 0 Å². The largest absolute Gasteiger partial charge is 0.337 e. The van der Waals surface area contributed by atoms with Gasteiger partial charge in [0, 0.05) is 29.0 Å². The molecule has 1 fully saturated rings. The highest BCUT2D eigenvalue weighted by Crippen LogP contribution is 2.25. The number of thiol groups is 1. The first kappa shape index (κ1) is 14.1. The van der Waals surface area contributed by atoms with Crippen LogP contribution in [0.3, 0.4) is 0 Å². The van der Waals surface area contributed by atoms with Crippen LogP contribution < -0.4 is 0 Å². The van der Waals surface area contributed by atoms with Gasteiger partial charge in [0.25, 0.3) is 5.91 Å². The van der Waals surface area contributed by atoms with Crippen molar-refractivity contribution < 1.29 is 4.79 Å². The van der Waals surface area contributed by atoms with E-state index in [1.54, 1.807) is 18.2 Å². The molecule has 5 heteroatoms. The summed E-state index contributed by atoms with van der Waals surface area (Å²) >= 11 is 12.3. The predicted octanol–water partition coefficient (Wildman–Crippen LogP) is 3.60. The average molecular weight is 302 g/mol. The lowest BCUT2D eigenvalue weighted by molar-refractivity contribution is 0.0761. The van der Waals surface area contributed by atoms with Crippen molar-refractivity contribution in [3.63, 3.8) is 0 Å². The molecule has 98 valence electrons. The number of rotatable bonds is 2. The average Bonchev–Trinajstić information content (AvgIpc) is 2.41. The van der Waals surface area contributed by atoms with Crippen LogP contribution in [0.4, 0.5) is 0 Å². The molecule has 1 saturated heterocycles. The zero-order valence-electron chi connectivity index (χ0n) is 10.2. The van der Waals surface area contributed by atoms with Gasteiger partial charge in [0.05, 0.1) is 10.6 Å². The van der Waals surface area contributed by atoms with Crippen molar-refractivity contribution in [3.8, 4) is 0 Å². The smallest absolute Gasteiger partial charge is 0.255 e. The molecule has 1 atom stereocenters. The van der Waals surface area contributed by atoms with Gasteiger partial charge in [-0.05, 0) is 24.6 Å². The molecule has 1 aliphatic rings. The fourth-order valence-corrected chi connectivity index (χ4v) is 3.58. The van der Waals surface area contributed by atoms with Gasteiger partial charge in [-0.15, -0.1) is 12.6 Å². The molecule has 0 radical (unpaired) electrons. The third-order valence-electron chi connectivity index (χ3n) is 3.06. The van der Waals surface area contributed by atoms with Crippen LogP contribution in [-0.2, 0) is 0 Å². The fourth-order valence-electron chi connectivity index (χ4n) is 2.00. The van der Waals surface area contributed by atoms with E-state index in [2.05, 4.69) is 19.6 Å². The predicted molar refractivity (Wildman–Crippen MR) is 81.1 cm³/mol. The molecule has 0 aromatic heterocycles. The van der Waals surface area contributed by atoms with Crippen molar-refractivity contribution in [1.29, 1.82) is 0 Å². The Morgan fingerprint density at radius 3 is 3.11 bits per heavy atom. The Balaban J connectivity index is 2.17. The number of hydrogen-bond donors (Lipinski definition) is 1. The second-order valence-electron chi connectivity index (χ2n) is 4.32. The standard InChI is InChI=1S/C13H16ClNOS2/c1-2-10-8-15(5-6-18-10)13(16)11-7-9(17)3-4-12(11)14/h3-4,7,10,17H,2,5-6,8H2,1H3. The molecule has 18 heavy (non-hydrogen) atoms. The first-order valence-electron chi connectivity index (χ1n) is 6.01. The minimum absolute atomic E-state index is 0.0228. The Morgan fingerprint density at radius 1 is 1.61 bits per heavy atom. The molecule has 0 spiro atoms. The van der Waals surface area contributed by atoms with Crippen LogP contribution in [0.2, 0.25) is 5.02 Å². The van der Waals surface area contributed by atoms with Crippen LogP contribution in [0.15, 0.2) is 23.1 Å². The van der Waals surface area contributed by atoms with Crippen molar-refractivity contribution in [2.45, 2.75) is 23.5 Å². The number of nitrogens with zero attached hydrogens (tertiary/aromatic N) is 1. The maximum Gasteiger partial charge on any atom is 0.255 e. The van der Waals surface area contributed by atoms with Crippen molar-refractivity contribution in [1.82, 2.24) is 4.90 Å². The van der Waals surface area contributed by atoms with E-state index >= 15 is 0 Å². The molecule has 1 aromatic rings. The molecule has 2 rings (SSSR count). The van der Waals surface area contributed by atoms with E-state index in [4.69, 9.17) is 11.6 Å². The lowest BCUT2D eigenvalue weighted by Gasteiger charge is -2.32. The number of hydrogen-bond acceptors (Lipinski definition) is 3. The SMILES string of the molecule is CCC1CN(C(=O)c2cc(S)ccc2Cl)CCS1. The zero-order chi connectivity index (χ0) is 13.1. The minimum atomic E-state index is 0.0228. The topological polar surface area (TPSA) is 20.3 Å². The van der Waals surface area contributed by atoms with E-state index in [1.165, 1.54) is 0 Å².